The lowest BCUT2D eigenvalue weighted by Gasteiger charge is -2.36. The van der Waals surface area contributed by atoms with Gasteiger partial charge < -0.3 is 19.9 Å². The van der Waals surface area contributed by atoms with Crippen molar-refractivity contribution in [3.63, 3.8) is 0 Å². The molecule has 11 heteroatoms. The second-order valence-electron chi connectivity index (χ2n) is 10.7. The summed E-state index contributed by atoms with van der Waals surface area (Å²) >= 11 is 0. The zero-order valence-corrected chi connectivity index (χ0v) is 21.0. The van der Waals surface area contributed by atoms with Gasteiger partial charge in [-0.1, -0.05) is 6.07 Å². The highest BCUT2D eigenvalue weighted by atomic mass is 19.3. The molecule has 1 aromatic heterocycles. The molecule has 3 fully saturated rings. The molecule has 1 amide bonds. The SMILES string of the molecule is O=C(C1CCC(N2CC(F)(F)C(F)(F)C2)CC1)N1Cc2cccnc2Nc2ccc(N3CCOCC3)cc21. The van der Waals surface area contributed by atoms with E-state index in [9.17, 15) is 22.4 Å². The molecule has 2 saturated heterocycles. The van der Waals surface area contributed by atoms with Gasteiger partial charge in [0.2, 0.25) is 5.91 Å². The van der Waals surface area contributed by atoms with Crippen LogP contribution < -0.4 is 15.1 Å². The third kappa shape index (κ3) is 4.59. The van der Waals surface area contributed by atoms with Crippen LogP contribution in [0.1, 0.15) is 31.2 Å². The van der Waals surface area contributed by atoms with Crippen LogP contribution in [0.2, 0.25) is 0 Å². The number of pyridine rings is 1. The average molecular weight is 534 g/mol. The van der Waals surface area contributed by atoms with E-state index in [1.807, 2.05) is 30.3 Å². The summed E-state index contributed by atoms with van der Waals surface area (Å²) in [6.45, 7) is 1.31. The summed E-state index contributed by atoms with van der Waals surface area (Å²) in [6.07, 6.45) is 3.53. The number of rotatable bonds is 3. The number of halogens is 4. The monoisotopic (exact) mass is 533 g/mol. The number of anilines is 4. The number of carbonyl (C=O) groups excluding carboxylic acids is 1. The first-order valence-electron chi connectivity index (χ1n) is 13.2. The summed E-state index contributed by atoms with van der Waals surface area (Å²) in [5.41, 5.74) is 3.44. The lowest BCUT2D eigenvalue weighted by Crippen LogP contribution is -2.42. The van der Waals surface area contributed by atoms with Crippen molar-refractivity contribution in [2.24, 2.45) is 5.92 Å². The molecule has 0 atom stereocenters. The van der Waals surface area contributed by atoms with Crippen molar-refractivity contribution in [2.75, 3.05) is 54.5 Å². The number of nitrogens with zero attached hydrogens (tertiary/aromatic N) is 4. The molecular weight excluding hydrogens is 502 g/mol. The van der Waals surface area contributed by atoms with Crippen molar-refractivity contribution in [3.05, 3.63) is 42.1 Å². The number of hydrogen-bond donors (Lipinski definition) is 1. The van der Waals surface area contributed by atoms with Gasteiger partial charge >= 0.3 is 11.8 Å². The van der Waals surface area contributed by atoms with Crippen molar-refractivity contribution in [3.8, 4) is 0 Å². The highest BCUT2D eigenvalue weighted by Gasteiger charge is 2.63. The summed E-state index contributed by atoms with van der Waals surface area (Å²) in [5.74, 6) is -7.68. The van der Waals surface area contributed by atoms with E-state index in [4.69, 9.17) is 4.74 Å². The lowest BCUT2D eigenvalue weighted by molar-refractivity contribution is -0.172. The normalized spacial score (nSPS) is 26.7. The van der Waals surface area contributed by atoms with Gasteiger partial charge in [-0.3, -0.25) is 9.69 Å². The van der Waals surface area contributed by atoms with Crippen molar-refractivity contribution < 1.29 is 27.1 Å². The molecule has 0 bridgehead atoms. The van der Waals surface area contributed by atoms with E-state index < -0.39 is 24.9 Å². The molecular formula is C27H31F4N5O2. The minimum Gasteiger partial charge on any atom is -0.378 e. The van der Waals surface area contributed by atoms with E-state index >= 15 is 0 Å². The van der Waals surface area contributed by atoms with Crippen LogP contribution in [0.25, 0.3) is 0 Å². The van der Waals surface area contributed by atoms with Gasteiger partial charge in [0.1, 0.15) is 5.82 Å². The van der Waals surface area contributed by atoms with Crippen LogP contribution in [0.15, 0.2) is 36.5 Å². The zero-order chi connectivity index (χ0) is 26.5. The van der Waals surface area contributed by atoms with Gasteiger partial charge in [0, 0.05) is 42.5 Å². The molecule has 4 heterocycles. The van der Waals surface area contributed by atoms with Gasteiger partial charge in [-0.25, -0.2) is 4.98 Å². The van der Waals surface area contributed by atoms with Gasteiger partial charge in [0.05, 0.1) is 44.2 Å². The van der Waals surface area contributed by atoms with Gasteiger partial charge in [0.25, 0.3) is 0 Å². The third-order valence-corrected chi connectivity index (χ3v) is 8.29. The molecule has 0 unspecified atom stereocenters. The van der Waals surface area contributed by atoms with E-state index in [0.717, 1.165) is 35.7 Å². The van der Waals surface area contributed by atoms with Crippen molar-refractivity contribution in [2.45, 2.75) is 50.1 Å². The van der Waals surface area contributed by atoms with E-state index in [1.165, 1.54) is 4.90 Å². The third-order valence-electron chi connectivity index (χ3n) is 8.29. The van der Waals surface area contributed by atoms with Gasteiger partial charge in [-0.05, 0) is 49.9 Å². The number of benzene rings is 1. The fraction of sp³-hybridized carbons (Fsp3) is 0.556. The molecule has 0 spiro atoms. The van der Waals surface area contributed by atoms with Crippen LogP contribution in [0.4, 0.5) is 40.4 Å². The van der Waals surface area contributed by atoms with Crippen LogP contribution in [0.5, 0.6) is 0 Å². The highest BCUT2D eigenvalue weighted by Crippen LogP contribution is 2.44. The Bertz CT molecular complexity index is 1180. The molecule has 1 saturated carbocycles. The van der Waals surface area contributed by atoms with Crippen molar-refractivity contribution in [1.82, 2.24) is 9.88 Å². The molecule has 0 radical (unpaired) electrons. The molecule has 7 nitrogen and oxygen atoms in total. The van der Waals surface area contributed by atoms with Gasteiger partial charge in [-0.2, -0.15) is 17.6 Å². The maximum absolute atomic E-state index is 14.0. The number of aromatic nitrogens is 1. The quantitative estimate of drug-likeness (QED) is 0.580. The molecule has 2 aromatic rings. The van der Waals surface area contributed by atoms with Crippen LogP contribution in [-0.2, 0) is 16.1 Å². The Labute approximate surface area is 218 Å². The first kappa shape index (κ1) is 25.4. The topological polar surface area (TPSA) is 60.9 Å². The van der Waals surface area contributed by atoms with E-state index in [0.29, 0.717) is 51.3 Å². The smallest absolute Gasteiger partial charge is 0.323 e. The van der Waals surface area contributed by atoms with Crippen LogP contribution in [0.3, 0.4) is 0 Å². The summed E-state index contributed by atoms with van der Waals surface area (Å²) < 4.78 is 60.6. The minimum absolute atomic E-state index is 0.0422. The number of nitrogens with one attached hydrogen (secondary N) is 1. The summed E-state index contributed by atoms with van der Waals surface area (Å²) in [6, 6.07) is 9.43. The standard InChI is InChI=1S/C27H31F4N5O2/c28-26(29)16-35(17-27(26,30)31)20-5-3-18(4-6-20)25(37)36-15-19-2-1-9-32-24(19)33-22-8-7-21(14-23(22)36)34-10-12-38-13-11-34/h1-2,7-9,14,18,20H,3-6,10-13,15-17H2,(H,32,33). The molecule has 1 aromatic carbocycles. The van der Waals surface area contributed by atoms with Crippen LogP contribution in [0, 0.1) is 5.92 Å². The molecule has 204 valence electrons. The second-order valence-corrected chi connectivity index (χ2v) is 10.7. The number of amides is 1. The average Bonchev–Trinajstić information content (AvgIpc) is 3.05. The molecule has 4 aliphatic rings. The van der Waals surface area contributed by atoms with Crippen molar-refractivity contribution in [1.29, 1.82) is 0 Å². The Morgan fingerprint density at radius 3 is 2.42 bits per heavy atom. The molecule has 3 aliphatic heterocycles. The maximum atomic E-state index is 14.0. The fourth-order valence-corrected chi connectivity index (χ4v) is 6.09. The second kappa shape index (κ2) is 9.68. The number of carbonyl (C=O) groups is 1. The molecule has 38 heavy (non-hydrogen) atoms. The number of ether oxygens (including phenoxy) is 1. The Hall–Kier alpha value is -2.92. The predicted molar refractivity (Wildman–Crippen MR) is 135 cm³/mol. The Kier molecular flexibility index (Phi) is 6.46. The fourth-order valence-electron chi connectivity index (χ4n) is 6.09. The Morgan fingerprint density at radius 1 is 1.00 bits per heavy atom. The van der Waals surface area contributed by atoms with Crippen LogP contribution in [-0.4, -0.2) is 73.1 Å². The van der Waals surface area contributed by atoms with Gasteiger partial charge in [-0.15, -0.1) is 0 Å². The summed E-state index contributed by atoms with van der Waals surface area (Å²) in [5, 5.41) is 3.38. The van der Waals surface area contributed by atoms with E-state index in [1.54, 1.807) is 11.1 Å². The molecule has 1 N–H and O–H groups in total. The van der Waals surface area contributed by atoms with E-state index in [2.05, 4.69) is 15.2 Å². The van der Waals surface area contributed by atoms with Gasteiger partial charge in [0.15, 0.2) is 0 Å². The molecule has 6 rings (SSSR count). The Morgan fingerprint density at radius 2 is 1.71 bits per heavy atom. The number of likely N-dealkylation sites (tertiary alicyclic amines) is 1. The zero-order valence-electron chi connectivity index (χ0n) is 21.0. The van der Waals surface area contributed by atoms with Crippen LogP contribution >= 0.6 is 0 Å². The number of hydrogen-bond acceptors (Lipinski definition) is 6. The summed E-state index contributed by atoms with van der Waals surface area (Å²) in [7, 11) is 0. The maximum Gasteiger partial charge on any atom is 0.323 e. The first-order valence-corrected chi connectivity index (χ1v) is 13.2. The highest BCUT2D eigenvalue weighted by molar-refractivity contribution is 6.00. The van der Waals surface area contributed by atoms with Crippen molar-refractivity contribution >= 4 is 28.8 Å². The largest absolute Gasteiger partial charge is 0.378 e. The number of fused-ring (bicyclic) bond motifs is 2. The number of alkyl halides is 4. The minimum atomic E-state index is -4.01. The van der Waals surface area contributed by atoms with E-state index in [-0.39, 0.29) is 17.9 Å². The summed E-state index contributed by atoms with van der Waals surface area (Å²) in [4.78, 5) is 23.7. The first-order chi connectivity index (χ1) is 18.2. The molecule has 1 aliphatic carbocycles. The number of morpholine rings is 1. The Balaban J connectivity index is 1.23. The lowest BCUT2D eigenvalue weighted by atomic mass is 9.84. The predicted octanol–water partition coefficient (Wildman–Crippen LogP) is 4.65.